The number of pyridine rings is 2. The Balaban J connectivity index is 2.15. The average molecular weight is 235 g/mol. The fourth-order valence-corrected chi connectivity index (χ4v) is 2.10. The summed E-state index contributed by atoms with van der Waals surface area (Å²) in [5.74, 6) is 0. The molecule has 3 nitrogen and oxygen atoms in total. The third-order valence-corrected chi connectivity index (χ3v) is 3.01. The summed E-state index contributed by atoms with van der Waals surface area (Å²) >= 11 is 0. The van der Waals surface area contributed by atoms with Gasteiger partial charge in [0.1, 0.15) is 0 Å². The van der Waals surface area contributed by atoms with Gasteiger partial charge in [-0.05, 0) is 18.2 Å². The minimum absolute atomic E-state index is 0.246. The Bertz CT molecular complexity index is 659. The quantitative estimate of drug-likeness (QED) is 0.743. The van der Waals surface area contributed by atoms with E-state index in [0.29, 0.717) is 0 Å². The first-order valence-electron chi connectivity index (χ1n) is 5.86. The molecule has 0 aliphatic rings. The maximum absolute atomic E-state index is 6.28. The maximum Gasteiger partial charge on any atom is 0.0753 e. The van der Waals surface area contributed by atoms with E-state index in [9.17, 15) is 0 Å². The summed E-state index contributed by atoms with van der Waals surface area (Å²) in [5, 5.41) is 1.10. The van der Waals surface area contributed by atoms with Crippen LogP contribution in [0.1, 0.15) is 17.3 Å². The molecule has 3 rings (SSSR count). The van der Waals surface area contributed by atoms with Crippen molar-refractivity contribution in [2.45, 2.75) is 6.04 Å². The van der Waals surface area contributed by atoms with E-state index in [1.165, 1.54) is 0 Å². The third-order valence-electron chi connectivity index (χ3n) is 3.01. The molecule has 0 saturated heterocycles. The summed E-state index contributed by atoms with van der Waals surface area (Å²) in [6.07, 6.45) is 3.55. The highest BCUT2D eigenvalue weighted by Gasteiger charge is 2.13. The summed E-state index contributed by atoms with van der Waals surface area (Å²) in [7, 11) is 0. The van der Waals surface area contributed by atoms with Gasteiger partial charge < -0.3 is 5.73 Å². The summed E-state index contributed by atoms with van der Waals surface area (Å²) in [6.45, 7) is 0. The molecule has 1 atom stereocenters. The van der Waals surface area contributed by atoms with Crippen molar-refractivity contribution < 1.29 is 0 Å². The summed E-state index contributed by atoms with van der Waals surface area (Å²) in [6, 6.07) is 15.5. The zero-order valence-electron chi connectivity index (χ0n) is 9.82. The number of rotatable bonds is 2. The lowest BCUT2D eigenvalue weighted by atomic mass is 10.0. The Morgan fingerprint density at radius 2 is 1.67 bits per heavy atom. The molecule has 0 fully saturated rings. The topological polar surface area (TPSA) is 51.8 Å². The van der Waals surface area contributed by atoms with E-state index >= 15 is 0 Å². The fourth-order valence-electron chi connectivity index (χ4n) is 2.10. The lowest BCUT2D eigenvalue weighted by Crippen LogP contribution is -2.14. The second-order valence-electron chi connectivity index (χ2n) is 4.15. The number of fused-ring (bicyclic) bond motifs is 1. The molecule has 2 aromatic heterocycles. The average Bonchev–Trinajstić information content (AvgIpc) is 2.47. The second kappa shape index (κ2) is 4.55. The van der Waals surface area contributed by atoms with Crippen molar-refractivity contribution in [3.8, 4) is 0 Å². The van der Waals surface area contributed by atoms with Crippen molar-refractivity contribution in [2.75, 3.05) is 0 Å². The maximum atomic E-state index is 6.28. The van der Waals surface area contributed by atoms with Gasteiger partial charge in [0.05, 0.1) is 17.3 Å². The monoisotopic (exact) mass is 235 g/mol. The summed E-state index contributed by atoms with van der Waals surface area (Å²) in [4.78, 5) is 8.73. The van der Waals surface area contributed by atoms with Gasteiger partial charge in [0, 0.05) is 23.3 Å². The smallest absolute Gasteiger partial charge is 0.0753 e. The number of benzene rings is 1. The fraction of sp³-hybridized carbons (Fsp3) is 0.0667. The highest BCUT2D eigenvalue weighted by atomic mass is 14.8. The predicted octanol–water partition coefficient (Wildman–Crippen LogP) is 2.68. The van der Waals surface area contributed by atoms with E-state index in [4.69, 9.17) is 5.73 Å². The summed E-state index contributed by atoms with van der Waals surface area (Å²) in [5.41, 5.74) is 9.09. The van der Waals surface area contributed by atoms with Crippen LogP contribution < -0.4 is 5.73 Å². The molecule has 1 unspecified atom stereocenters. The lowest BCUT2D eigenvalue weighted by molar-refractivity contribution is 0.834. The van der Waals surface area contributed by atoms with E-state index in [-0.39, 0.29) is 6.04 Å². The molecule has 0 saturated carbocycles. The number of nitrogens with zero attached hydrogens (tertiary/aromatic N) is 2. The largest absolute Gasteiger partial charge is 0.319 e. The Kier molecular flexibility index (Phi) is 2.74. The van der Waals surface area contributed by atoms with Gasteiger partial charge in [-0.2, -0.15) is 0 Å². The molecule has 1 aromatic carbocycles. The molecule has 0 radical (unpaired) electrons. The highest BCUT2D eigenvalue weighted by molar-refractivity contribution is 5.82. The van der Waals surface area contributed by atoms with Gasteiger partial charge >= 0.3 is 0 Å². The standard InChI is InChI=1S/C15H13N3/c16-14(13-8-1-2-9-17-13)12-7-3-5-11-6-4-10-18-15(11)12/h1-10,14H,16H2. The second-order valence-corrected chi connectivity index (χ2v) is 4.15. The number of hydrogen-bond acceptors (Lipinski definition) is 3. The molecular weight excluding hydrogens is 222 g/mol. The molecule has 0 aliphatic carbocycles. The van der Waals surface area contributed by atoms with Crippen LogP contribution in [0.25, 0.3) is 10.9 Å². The van der Waals surface area contributed by atoms with Crippen molar-refractivity contribution in [2.24, 2.45) is 5.73 Å². The number of aromatic nitrogens is 2. The van der Waals surface area contributed by atoms with Crippen LogP contribution in [0.2, 0.25) is 0 Å². The zero-order valence-corrected chi connectivity index (χ0v) is 9.82. The molecular formula is C15H13N3. The van der Waals surface area contributed by atoms with Crippen LogP contribution in [0.4, 0.5) is 0 Å². The number of hydrogen-bond donors (Lipinski definition) is 1. The van der Waals surface area contributed by atoms with Crippen molar-refractivity contribution in [3.63, 3.8) is 0 Å². The highest BCUT2D eigenvalue weighted by Crippen LogP contribution is 2.24. The summed E-state index contributed by atoms with van der Waals surface area (Å²) < 4.78 is 0. The van der Waals surface area contributed by atoms with Crippen LogP contribution >= 0.6 is 0 Å². The zero-order chi connectivity index (χ0) is 12.4. The van der Waals surface area contributed by atoms with Gasteiger partial charge in [0.25, 0.3) is 0 Å². The molecule has 3 aromatic rings. The van der Waals surface area contributed by atoms with E-state index in [1.807, 2.05) is 48.5 Å². The lowest BCUT2D eigenvalue weighted by Gasteiger charge is -2.13. The van der Waals surface area contributed by atoms with Crippen LogP contribution in [0.5, 0.6) is 0 Å². The molecule has 18 heavy (non-hydrogen) atoms. The Labute approximate surface area is 105 Å². The minimum Gasteiger partial charge on any atom is -0.319 e. The van der Waals surface area contributed by atoms with Gasteiger partial charge in [0.2, 0.25) is 0 Å². The third kappa shape index (κ3) is 1.85. The molecule has 0 spiro atoms. The van der Waals surface area contributed by atoms with Gasteiger partial charge in [-0.1, -0.05) is 30.3 Å². The molecule has 2 heterocycles. The van der Waals surface area contributed by atoms with Crippen LogP contribution in [0.15, 0.2) is 60.9 Å². The first-order chi connectivity index (χ1) is 8.86. The predicted molar refractivity (Wildman–Crippen MR) is 72.0 cm³/mol. The number of nitrogens with two attached hydrogens (primary N) is 1. The van der Waals surface area contributed by atoms with Crippen LogP contribution in [0, 0.1) is 0 Å². The van der Waals surface area contributed by atoms with Crippen molar-refractivity contribution in [1.29, 1.82) is 0 Å². The minimum atomic E-state index is -0.246. The SMILES string of the molecule is NC(c1ccccn1)c1cccc2cccnc12. The molecule has 0 aliphatic heterocycles. The van der Waals surface area contributed by atoms with E-state index in [0.717, 1.165) is 22.2 Å². The van der Waals surface area contributed by atoms with Crippen LogP contribution in [-0.2, 0) is 0 Å². The first-order valence-corrected chi connectivity index (χ1v) is 5.86. The Morgan fingerprint density at radius 3 is 2.50 bits per heavy atom. The molecule has 3 heteroatoms. The molecule has 88 valence electrons. The normalized spacial score (nSPS) is 12.5. The van der Waals surface area contributed by atoms with Crippen LogP contribution in [-0.4, -0.2) is 9.97 Å². The van der Waals surface area contributed by atoms with Gasteiger partial charge in [0.15, 0.2) is 0 Å². The Morgan fingerprint density at radius 1 is 0.833 bits per heavy atom. The number of para-hydroxylation sites is 1. The first kappa shape index (κ1) is 10.9. The van der Waals surface area contributed by atoms with Crippen molar-refractivity contribution in [3.05, 3.63) is 72.2 Å². The van der Waals surface area contributed by atoms with Gasteiger partial charge in [-0.25, -0.2) is 0 Å². The van der Waals surface area contributed by atoms with Crippen molar-refractivity contribution in [1.82, 2.24) is 9.97 Å². The van der Waals surface area contributed by atoms with E-state index in [1.54, 1.807) is 12.4 Å². The van der Waals surface area contributed by atoms with E-state index in [2.05, 4.69) is 9.97 Å². The van der Waals surface area contributed by atoms with Crippen LogP contribution in [0.3, 0.4) is 0 Å². The molecule has 2 N–H and O–H groups in total. The van der Waals surface area contributed by atoms with Gasteiger partial charge in [-0.3, -0.25) is 9.97 Å². The molecule has 0 amide bonds. The Hall–Kier alpha value is -2.26. The van der Waals surface area contributed by atoms with E-state index < -0.39 is 0 Å². The van der Waals surface area contributed by atoms with Crippen molar-refractivity contribution >= 4 is 10.9 Å². The van der Waals surface area contributed by atoms with Gasteiger partial charge in [-0.15, -0.1) is 0 Å². The molecule has 0 bridgehead atoms.